The number of hydrogen-bond donors (Lipinski definition) is 3. The first-order chi connectivity index (χ1) is 10.3. The summed E-state index contributed by atoms with van der Waals surface area (Å²) in [4.78, 5) is 37.8. The number of ether oxygens (including phenoxy) is 1. The Morgan fingerprint density at radius 2 is 2.18 bits per heavy atom. The van der Waals surface area contributed by atoms with Gasteiger partial charge in [0.05, 0.1) is 31.6 Å². The fourth-order valence-corrected chi connectivity index (χ4v) is 1.67. The van der Waals surface area contributed by atoms with E-state index in [1.807, 2.05) is 0 Å². The molecule has 0 spiro atoms. The molecule has 122 valence electrons. The molecule has 0 saturated heterocycles. The normalized spacial score (nSPS) is 13.2. The van der Waals surface area contributed by atoms with E-state index in [9.17, 15) is 14.4 Å². The fraction of sp³-hybridized carbons (Fsp3) is 0.538. The summed E-state index contributed by atoms with van der Waals surface area (Å²) in [5, 5.41) is 11.5. The number of amides is 1. The Labute approximate surface area is 127 Å². The second-order valence-corrected chi connectivity index (χ2v) is 4.82. The number of carboxylic acids is 1. The molecule has 1 rings (SSSR count). The number of nitrogens with two attached hydrogens (primary N) is 1. The third-order valence-corrected chi connectivity index (χ3v) is 2.93. The van der Waals surface area contributed by atoms with Gasteiger partial charge in [0.15, 0.2) is 0 Å². The van der Waals surface area contributed by atoms with Crippen LogP contribution in [0.4, 0.5) is 0 Å². The Bertz CT molecular complexity index is 540. The van der Waals surface area contributed by atoms with Crippen LogP contribution >= 0.6 is 0 Å². The van der Waals surface area contributed by atoms with Crippen molar-refractivity contribution in [3.8, 4) is 0 Å². The van der Waals surface area contributed by atoms with Crippen LogP contribution in [-0.2, 0) is 32.1 Å². The second-order valence-electron chi connectivity index (χ2n) is 4.82. The van der Waals surface area contributed by atoms with E-state index in [-0.39, 0.29) is 18.8 Å². The van der Waals surface area contributed by atoms with Crippen LogP contribution in [0, 0.1) is 0 Å². The average Bonchev–Trinajstić information content (AvgIpc) is 2.91. The zero-order valence-electron chi connectivity index (χ0n) is 12.5. The number of carbonyl (C=O) groups is 3. The highest BCUT2D eigenvalue weighted by Gasteiger charge is 2.22. The first kappa shape index (κ1) is 17.6. The van der Waals surface area contributed by atoms with Gasteiger partial charge in [0.2, 0.25) is 5.91 Å². The third kappa shape index (κ3) is 5.52. The average molecular weight is 312 g/mol. The van der Waals surface area contributed by atoms with Crippen molar-refractivity contribution < 1.29 is 24.2 Å². The highest BCUT2D eigenvalue weighted by atomic mass is 16.5. The minimum absolute atomic E-state index is 0.0268. The first-order valence-electron chi connectivity index (χ1n) is 6.69. The van der Waals surface area contributed by atoms with Crippen LogP contribution < -0.4 is 11.1 Å². The van der Waals surface area contributed by atoms with Crippen molar-refractivity contribution in [1.82, 2.24) is 14.9 Å². The van der Waals surface area contributed by atoms with Gasteiger partial charge in [-0.1, -0.05) is 0 Å². The summed E-state index contributed by atoms with van der Waals surface area (Å²) in [6.07, 6.45) is 3.33. The van der Waals surface area contributed by atoms with E-state index in [1.165, 1.54) is 20.4 Å². The molecule has 1 aromatic heterocycles. The number of methoxy groups -OCH3 is 1. The van der Waals surface area contributed by atoms with E-state index in [2.05, 4.69) is 15.0 Å². The van der Waals surface area contributed by atoms with Gasteiger partial charge in [0.25, 0.3) is 0 Å². The van der Waals surface area contributed by atoms with Crippen LogP contribution in [0.25, 0.3) is 0 Å². The van der Waals surface area contributed by atoms with Crippen LogP contribution in [0.15, 0.2) is 12.5 Å². The lowest BCUT2D eigenvalue weighted by Crippen LogP contribution is -2.48. The highest BCUT2D eigenvalue weighted by molar-refractivity contribution is 5.86. The third-order valence-electron chi connectivity index (χ3n) is 2.93. The van der Waals surface area contributed by atoms with Gasteiger partial charge < -0.3 is 25.5 Å². The van der Waals surface area contributed by atoms with Crippen molar-refractivity contribution in [3.05, 3.63) is 18.2 Å². The Kier molecular flexibility index (Phi) is 6.51. The second kappa shape index (κ2) is 8.13. The largest absolute Gasteiger partial charge is 0.480 e. The maximum Gasteiger partial charge on any atom is 0.326 e. The van der Waals surface area contributed by atoms with E-state index in [0.29, 0.717) is 12.2 Å². The molecule has 0 aliphatic carbocycles. The van der Waals surface area contributed by atoms with Gasteiger partial charge in [-0.3, -0.25) is 9.59 Å². The van der Waals surface area contributed by atoms with E-state index in [4.69, 9.17) is 10.8 Å². The minimum Gasteiger partial charge on any atom is -0.480 e. The van der Waals surface area contributed by atoms with Crippen LogP contribution in [0.1, 0.15) is 19.0 Å². The number of nitrogens with zero attached hydrogens (tertiary/aromatic N) is 2. The zero-order chi connectivity index (χ0) is 16.7. The number of carboxylic acid groups (broad SMARTS) is 1. The molecule has 0 fully saturated rings. The molecule has 2 atom stereocenters. The van der Waals surface area contributed by atoms with Gasteiger partial charge >= 0.3 is 11.9 Å². The number of nitrogens with one attached hydrogen (secondary N) is 1. The minimum atomic E-state index is -1.17. The van der Waals surface area contributed by atoms with Crippen molar-refractivity contribution in [2.75, 3.05) is 7.11 Å². The van der Waals surface area contributed by atoms with Crippen molar-refractivity contribution in [1.29, 1.82) is 0 Å². The summed E-state index contributed by atoms with van der Waals surface area (Å²) in [6.45, 7) is 1.85. The van der Waals surface area contributed by atoms with Crippen molar-refractivity contribution in [2.24, 2.45) is 5.73 Å². The monoisotopic (exact) mass is 312 g/mol. The number of hydrogen-bond acceptors (Lipinski definition) is 6. The Balaban J connectivity index is 2.63. The van der Waals surface area contributed by atoms with Gasteiger partial charge in [-0.15, -0.1) is 0 Å². The number of aliphatic carboxylic acids is 1. The van der Waals surface area contributed by atoms with Crippen molar-refractivity contribution in [3.63, 3.8) is 0 Å². The molecule has 1 heterocycles. The van der Waals surface area contributed by atoms with E-state index >= 15 is 0 Å². The quantitative estimate of drug-likeness (QED) is 0.518. The van der Waals surface area contributed by atoms with Crippen molar-refractivity contribution in [2.45, 2.75) is 38.4 Å². The van der Waals surface area contributed by atoms with Gasteiger partial charge in [0.1, 0.15) is 6.04 Å². The van der Waals surface area contributed by atoms with Gasteiger partial charge in [0, 0.05) is 19.2 Å². The van der Waals surface area contributed by atoms with Crippen LogP contribution in [0.2, 0.25) is 0 Å². The SMILES string of the molecule is COC(=O)CCn1cnc(CC(NC(=O)C(C)N)C(=O)O)c1. The first-order valence-corrected chi connectivity index (χ1v) is 6.69. The smallest absolute Gasteiger partial charge is 0.326 e. The Morgan fingerprint density at radius 3 is 2.73 bits per heavy atom. The maximum absolute atomic E-state index is 11.5. The standard InChI is InChI=1S/C13H20N4O5/c1-8(14)12(19)16-10(13(20)21)5-9-6-17(7-15-9)4-3-11(18)22-2/h6-8,10H,3-5,14H2,1-2H3,(H,16,19)(H,20,21). The number of rotatable bonds is 8. The zero-order valence-corrected chi connectivity index (χ0v) is 12.5. The van der Waals surface area contributed by atoms with Crippen molar-refractivity contribution >= 4 is 17.8 Å². The van der Waals surface area contributed by atoms with Crippen LogP contribution in [-0.4, -0.2) is 51.7 Å². The molecule has 22 heavy (non-hydrogen) atoms. The molecule has 0 radical (unpaired) electrons. The molecular weight excluding hydrogens is 292 g/mol. The number of aryl methyl sites for hydroxylation is 1. The topological polar surface area (TPSA) is 137 Å². The lowest BCUT2D eigenvalue weighted by Gasteiger charge is -2.14. The summed E-state index contributed by atoms with van der Waals surface area (Å²) in [5.74, 6) is -2.06. The molecule has 1 amide bonds. The van der Waals surface area contributed by atoms with Crippen LogP contribution in [0.3, 0.4) is 0 Å². The number of aromatic nitrogens is 2. The number of carbonyl (C=O) groups excluding carboxylic acids is 2. The summed E-state index contributed by atoms with van der Waals surface area (Å²) >= 11 is 0. The molecular formula is C13H20N4O5. The molecule has 9 heteroatoms. The van der Waals surface area contributed by atoms with Crippen LogP contribution in [0.5, 0.6) is 0 Å². The number of esters is 1. The molecule has 1 aromatic rings. The molecule has 4 N–H and O–H groups in total. The maximum atomic E-state index is 11.5. The predicted molar refractivity (Wildman–Crippen MR) is 75.8 cm³/mol. The molecule has 9 nitrogen and oxygen atoms in total. The fourth-order valence-electron chi connectivity index (χ4n) is 1.67. The molecule has 2 unspecified atom stereocenters. The lowest BCUT2D eigenvalue weighted by atomic mass is 10.1. The van der Waals surface area contributed by atoms with E-state index in [1.54, 1.807) is 10.8 Å². The molecule has 0 aliphatic heterocycles. The van der Waals surface area contributed by atoms with Gasteiger partial charge in [-0.2, -0.15) is 0 Å². The Morgan fingerprint density at radius 1 is 1.50 bits per heavy atom. The predicted octanol–water partition coefficient (Wildman–Crippen LogP) is -1.09. The van der Waals surface area contributed by atoms with E-state index < -0.39 is 24.0 Å². The molecule has 0 bridgehead atoms. The molecule has 0 aromatic carbocycles. The summed E-state index contributed by atoms with van der Waals surface area (Å²) in [5.41, 5.74) is 5.88. The van der Waals surface area contributed by atoms with Gasteiger partial charge in [-0.05, 0) is 6.92 Å². The summed E-state index contributed by atoms with van der Waals surface area (Å²) in [7, 11) is 1.31. The Hall–Kier alpha value is -2.42. The number of imidazole rings is 1. The van der Waals surface area contributed by atoms with Gasteiger partial charge in [-0.25, -0.2) is 9.78 Å². The molecule has 0 aliphatic rings. The lowest BCUT2D eigenvalue weighted by molar-refractivity contribution is -0.142. The van der Waals surface area contributed by atoms with E-state index in [0.717, 1.165) is 0 Å². The highest BCUT2D eigenvalue weighted by Crippen LogP contribution is 2.03. The summed E-state index contributed by atoms with van der Waals surface area (Å²) < 4.78 is 6.18. The molecule has 0 saturated carbocycles. The summed E-state index contributed by atoms with van der Waals surface area (Å²) in [6, 6.07) is -1.90.